The van der Waals surface area contributed by atoms with E-state index in [-0.39, 0.29) is 12.5 Å². The number of hydrogen-bond donors (Lipinski definition) is 2. The van der Waals surface area contributed by atoms with Crippen molar-refractivity contribution < 1.29 is 9.53 Å². The molecule has 2 rings (SSSR count). The third kappa shape index (κ3) is 6.38. The zero-order valence-electron chi connectivity index (χ0n) is 14.3. The predicted molar refractivity (Wildman–Crippen MR) is 96.5 cm³/mol. The summed E-state index contributed by atoms with van der Waals surface area (Å²) in [6.07, 6.45) is 0.427. The highest BCUT2D eigenvalue weighted by Crippen LogP contribution is 2.06. The van der Waals surface area contributed by atoms with E-state index in [9.17, 15) is 10.1 Å². The standard InChI is InChI=1S/C20H23N3O2/c1-15-6-5-9-17(10-15)11-19(22)20(24)23-18(12-21)14-25-13-16-7-3-2-4-8-16/h2-10,18-19H,11,13-14,22H2,1H3,(H,23,24)/t18-,19+/m1/s1. The number of carbonyl (C=O) groups excluding carboxylic acids is 1. The number of nitrogens with two attached hydrogens (primary N) is 1. The lowest BCUT2D eigenvalue weighted by molar-refractivity contribution is -0.123. The van der Waals surface area contributed by atoms with Gasteiger partial charge in [0.1, 0.15) is 6.04 Å². The molecule has 0 saturated heterocycles. The van der Waals surface area contributed by atoms with E-state index in [4.69, 9.17) is 10.5 Å². The second-order valence-electron chi connectivity index (χ2n) is 5.99. The van der Waals surface area contributed by atoms with Gasteiger partial charge in [-0.3, -0.25) is 4.79 Å². The summed E-state index contributed by atoms with van der Waals surface area (Å²) < 4.78 is 5.51. The SMILES string of the molecule is Cc1cccc(C[C@H](N)C(=O)N[C@H](C#N)COCc2ccccc2)c1. The Balaban J connectivity index is 1.79. The third-order valence-corrected chi connectivity index (χ3v) is 3.74. The molecule has 3 N–H and O–H groups in total. The average Bonchev–Trinajstić information content (AvgIpc) is 2.61. The largest absolute Gasteiger partial charge is 0.374 e. The summed E-state index contributed by atoms with van der Waals surface area (Å²) in [5.41, 5.74) is 9.09. The predicted octanol–water partition coefficient (Wildman–Crippen LogP) is 2.09. The summed E-state index contributed by atoms with van der Waals surface area (Å²) in [5.74, 6) is -0.351. The molecule has 2 aromatic rings. The second kappa shape index (κ2) is 9.58. The summed E-state index contributed by atoms with van der Waals surface area (Å²) in [7, 11) is 0. The maximum Gasteiger partial charge on any atom is 0.238 e. The Labute approximate surface area is 148 Å². The second-order valence-corrected chi connectivity index (χ2v) is 5.99. The van der Waals surface area contributed by atoms with Crippen LogP contribution in [0.2, 0.25) is 0 Å². The van der Waals surface area contributed by atoms with Gasteiger partial charge in [0, 0.05) is 0 Å². The minimum Gasteiger partial charge on any atom is -0.374 e. The zero-order valence-corrected chi connectivity index (χ0v) is 14.3. The van der Waals surface area contributed by atoms with Crippen LogP contribution in [0.4, 0.5) is 0 Å². The fourth-order valence-corrected chi connectivity index (χ4v) is 2.44. The van der Waals surface area contributed by atoms with Gasteiger partial charge in [0.2, 0.25) is 5.91 Å². The molecule has 0 spiro atoms. The van der Waals surface area contributed by atoms with E-state index in [1.807, 2.05) is 67.6 Å². The van der Waals surface area contributed by atoms with Crippen molar-refractivity contribution >= 4 is 5.91 Å². The lowest BCUT2D eigenvalue weighted by Gasteiger charge is -2.16. The van der Waals surface area contributed by atoms with Gasteiger partial charge < -0.3 is 15.8 Å². The molecule has 2 atom stereocenters. The lowest BCUT2D eigenvalue weighted by atomic mass is 10.0. The van der Waals surface area contributed by atoms with Gasteiger partial charge in [-0.05, 0) is 24.5 Å². The van der Waals surface area contributed by atoms with Gasteiger partial charge >= 0.3 is 0 Å². The molecule has 0 heterocycles. The van der Waals surface area contributed by atoms with Gasteiger partial charge in [0.15, 0.2) is 0 Å². The quantitative estimate of drug-likeness (QED) is 0.772. The van der Waals surface area contributed by atoms with Crippen LogP contribution in [0.5, 0.6) is 0 Å². The van der Waals surface area contributed by atoms with Gasteiger partial charge in [-0.1, -0.05) is 60.2 Å². The van der Waals surface area contributed by atoms with Crippen LogP contribution in [-0.4, -0.2) is 24.6 Å². The van der Waals surface area contributed by atoms with Crippen LogP contribution < -0.4 is 11.1 Å². The molecule has 5 nitrogen and oxygen atoms in total. The van der Waals surface area contributed by atoms with Crippen molar-refractivity contribution in [1.29, 1.82) is 5.26 Å². The highest BCUT2D eigenvalue weighted by atomic mass is 16.5. The topological polar surface area (TPSA) is 88.1 Å². The molecule has 0 unspecified atom stereocenters. The average molecular weight is 337 g/mol. The highest BCUT2D eigenvalue weighted by Gasteiger charge is 2.18. The molecular formula is C20H23N3O2. The number of rotatable bonds is 8. The van der Waals surface area contributed by atoms with Crippen LogP contribution in [0.25, 0.3) is 0 Å². The Morgan fingerprint density at radius 2 is 1.92 bits per heavy atom. The molecule has 5 heteroatoms. The van der Waals surface area contributed by atoms with Crippen LogP contribution in [-0.2, 0) is 22.6 Å². The van der Waals surface area contributed by atoms with Crippen LogP contribution in [0.15, 0.2) is 54.6 Å². The lowest BCUT2D eigenvalue weighted by Crippen LogP contribution is -2.47. The maximum atomic E-state index is 12.2. The molecule has 0 bridgehead atoms. The van der Waals surface area contributed by atoms with Gasteiger partial charge in [0.25, 0.3) is 0 Å². The maximum absolute atomic E-state index is 12.2. The molecule has 0 saturated carbocycles. The Bertz CT molecular complexity index is 725. The number of aryl methyl sites for hydroxylation is 1. The highest BCUT2D eigenvalue weighted by molar-refractivity contribution is 5.82. The number of hydrogen-bond acceptors (Lipinski definition) is 4. The number of amides is 1. The van der Waals surface area contributed by atoms with Gasteiger partial charge in [-0.15, -0.1) is 0 Å². The normalized spacial score (nSPS) is 12.8. The van der Waals surface area contributed by atoms with E-state index in [1.165, 1.54) is 0 Å². The van der Waals surface area contributed by atoms with Crippen molar-refractivity contribution in [2.75, 3.05) is 6.61 Å². The minimum absolute atomic E-state index is 0.119. The van der Waals surface area contributed by atoms with E-state index in [1.54, 1.807) is 0 Å². The fraction of sp³-hybridized carbons (Fsp3) is 0.300. The summed E-state index contributed by atoms with van der Waals surface area (Å²) in [5, 5.41) is 11.8. The molecule has 0 radical (unpaired) electrons. The summed E-state index contributed by atoms with van der Waals surface area (Å²) >= 11 is 0. The molecule has 2 aromatic carbocycles. The number of carbonyl (C=O) groups is 1. The molecule has 0 aliphatic rings. The first-order valence-electron chi connectivity index (χ1n) is 8.21. The summed E-state index contributed by atoms with van der Waals surface area (Å²) in [6.45, 7) is 2.50. The van der Waals surface area contributed by atoms with E-state index in [2.05, 4.69) is 5.32 Å². The minimum atomic E-state index is -0.722. The Morgan fingerprint density at radius 3 is 2.60 bits per heavy atom. The van der Waals surface area contributed by atoms with Crippen LogP contribution in [0.1, 0.15) is 16.7 Å². The van der Waals surface area contributed by atoms with Crippen molar-refractivity contribution in [2.45, 2.75) is 32.0 Å². The first-order chi connectivity index (χ1) is 12.1. The molecule has 0 aromatic heterocycles. The van der Waals surface area contributed by atoms with Gasteiger partial charge in [-0.25, -0.2) is 0 Å². The molecule has 130 valence electrons. The van der Waals surface area contributed by atoms with Crippen LogP contribution in [0.3, 0.4) is 0 Å². The summed E-state index contributed by atoms with van der Waals surface area (Å²) in [4.78, 5) is 12.2. The van der Waals surface area contributed by atoms with E-state index in [0.29, 0.717) is 13.0 Å². The summed E-state index contributed by atoms with van der Waals surface area (Å²) in [6, 6.07) is 18.1. The van der Waals surface area contributed by atoms with Crippen molar-refractivity contribution in [3.05, 3.63) is 71.3 Å². The van der Waals surface area contributed by atoms with Gasteiger partial charge in [-0.2, -0.15) is 5.26 Å². The first kappa shape index (κ1) is 18.7. The fourth-order valence-electron chi connectivity index (χ4n) is 2.44. The number of ether oxygens (including phenoxy) is 1. The Morgan fingerprint density at radius 1 is 1.20 bits per heavy atom. The van der Waals surface area contributed by atoms with E-state index < -0.39 is 12.1 Å². The van der Waals surface area contributed by atoms with Gasteiger partial charge in [0.05, 0.1) is 25.3 Å². The monoisotopic (exact) mass is 337 g/mol. The van der Waals surface area contributed by atoms with E-state index in [0.717, 1.165) is 16.7 Å². The van der Waals surface area contributed by atoms with E-state index >= 15 is 0 Å². The molecule has 25 heavy (non-hydrogen) atoms. The Kier molecular flexibility index (Phi) is 7.15. The molecule has 0 aliphatic carbocycles. The molecule has 1 amide bonds. The molecule has 0 fully saturated rings. The smallest absolute Gasteiger partial charge is 0.238 e. The third-order valence-electron chi connectivity index (χ3n) is 3.74. The van der Waals surface area contributed by atoms with Crippen molar-refractivity contribution in [3.63, 3.8) is 0 Å². The Hall–Kier alpha value is -2.68. The van der Waals surface area contributed by atoms with Crippen molar-refractivity contribution in [2.24, 2.45) is 5.73 Å². The first-order valence-corrected chi connectivity index (χ1v) is 8.21. The van der Waals surface area contributed by atoms with Crippen LogP contribution in [0, 0.1) is 18.3 Å². The number of nitriles is 1. The van der Waals surface area contributed by atoms with Crippen molar-refractivity contribution in [3.8, 4) is 6.07 Å². The molecular weight excluding hydrogens is 314 g/mol. The molecule has 0 aliphatic heterocycles. The number of nitrogens with zero attached hydrogens (tertiary/aromatic N) is 1. The zero-order chi connectivity index (χ0) is 18.1. The van der Waals surface area contributed by atoms with Crippen molar-refractivity contribution in [1.82, 2.24) is 5.32 Å². The number of nitrogens with one attached hydrogen (secondary N) is 1. The number of benzene rings is 2. The van der Waals surface area contributed by atoms with Crippen LogP contribution >= 0.6 is 0 Å².